The van der Waals surface area contributed by atoms with Gasteiger partial charge in [-0.05, 0) is 43.7 Å². The monoisotopic (exact) mass is 462 g/mol. The maximum absolute atomic E-state index is 15.0. The van der Waals surface area contributed by atoms with Gasteiger partial charge >= 0.3 is 0 Å². The molecule has 0 amide bonds. The number of nitrogens with one attached hydrogen (secondary N) is 2. The van der Waals surface area contributed by atoms with E-state index in [4.69, 9.17) is 0 Å². The number of hydrogen-bond acceptors (Lipinski definition) is 6. The van der Waals surface area contributed by atoms with Crippen LogP contribution in [0.4, 0.5) is 20.3 Å². The van der Waals surface area contributed by atoms with Crippen molar-refractivity contribution >= 4 is 21.5 Å². The average molecular weight is 463 g/mol. The molecule has 8 nitrogen and oxygen atoms in total. The van der Waals surface area contributed by atoms with Crippen molar-refractivity contribution in [3.05, 3.63) is 53.5 Å². The van der Waals surface area contributed by atoms with E-state index in [0.717, 1.165) is 32.2 Å². The van der Waals surface area contributed by atoms with E-state index in [1.165, 1.54) is 10.9 Å². The molecule has 170 valence electrons. The number of benzene rings is 1. The van der Waals surface area contributed by atoms with Gasteiger partial charge in [-0.1, -0.05) is 0 Å². The first-order valence-corrected chi connectivity index (χ1v) is 11.6. The van der Waals surface area contributed by atoms with Crippen molar-refractivity contribution in [3.8, 4) is 11.1 Å². The molecule has 0 atom stereocenters. The average Bonchev–Trinajstić information content (AvgIpc) is 3.01. The fraction of sp³-hybridized carbons (Fsp3) is 0.333. The van der Waals surface area contributed by atoms with Crippen LogP contribution in [-0.2, 0) is 17.1 Å². The normalized spacial score (nSPS) is 14.6. The summed E-state index contributed by atoms with van der Waals surface area (Å²) in [5.74, 6) is -1.23. The lowest BCUT2D eigenvalue weighted by atomic mass is 10.1. The second kappa shape index (κ2) is 8.47. The van der Waals surface area contributed by atoms with Gasteiger partial charge in [0.1, 0.15) is 22.3 Å². The number of piperazine rings is 1. The zero-order valence-electron chi connectivity index (χ0n) is 18.0. The predicted molar refractivity (Wildman–Crippen MR) is 118 cm³/mol. The summed E-state index contributed by atoms with van der Waals surface area (Å²) >= 11 is 0. The van der Waals surface area contributed by atoms with Gasteiger partial charge in [0.25, 0.3) is 10.0 Å². The molecule has 1 aliphatic heterocycles. The Morgan fingerprint density at radius 3 is 2.47 bits per heavy atom. The van der Waals surface area contributed by atoms with Gasteiger partial charge in [0, 0.05) is 45.0 Å². The van der Waals surface area contributed by atoms with Crippen molar-refractivity contribution in [1.82, 2.24) is 20.1 Å². The fourth-order valence-corrected chi connectivity index (χ4v) is 4.97. The molecular formula is C21H24F2N6O2S. The van der Waals surface area contributed by atoms with Crippen LogP contribution in [-0.4, -0.2) is 49.4 Å². The molecule has 3 heterocycles. The third kappa shape index (κ3) is 4.17. The SMILES string of the molecule is Cc1nn(C)c(C)c1NS(=O)(=O)c1cc(F)c(-c2ccnc(N3CCNCC3)c2)cc1F. The summed E-state index contributed by atoms with van der Waals surface area (Å²) < 4.78 is 59.4. The van der Waals surface area contributed by atoms with Crippen molar-refractivity contribution < 1.29 is 17.2 Å². The zero-order valence-corrected chi connectivity index (χ0v) is 18.8. The number of halogens is 2. The van der Waals surface area contributed by atoms with E-state index >= 15 is 4.39 Å². The molecule has 0 spiro atoms. The van der Waals surface area contributed by atoms with Crippen molar-refractivity contribution in [2.45, 2.75) is 18.7 Å². The number of sulfonamides is 1. The Balaban J connectivity index is 1.68. The van der Waals surface area contributed by atoms with Crippen LogP contribution < -0.4 is 14.9 Å². The lowest BCUT2D eigenvalue weighted by Crippen LogP contribution is -2.43. The third-order valence-electron chi connectivity index (χ3n) is 5.55. The van der Waals surface area contributed by atoms with Crippen molar-refractivity contribution in [2.75, 3.05) is 35.8 Å². The van der Waals surface area contributed by atoms with Gasteiger partial charge in [-0.25, -0.2) is 22.2 Å². The van der Waals surface area contributed by atoms with Gasteiger partial charge in [-0.2, -0.15) is 5.10 Å². The van der Waals surface area contributed by atoms with Gasteiger partial charge in [-0.15, -0.1) is 0 Å². The number of pyridine rings is 1. The predicted octanol–water partition coefficient (Wildman–Crippen LogP) is 2.59. The maximum atomic E-state index is 15.0. The number of hydrogen-bond donors (Lipinski definition) is 2. The quantitative estimate of drug-likeness (QED) is 0.606. The van der Waals surface area contributed by atoms with Crippen molar-refractivity contribution in [2.24, 2.45) is 7.05 Å². The Morgan fingerprint density at radius 1 is 1.09 bits per heavy atom. The molecule has 3 aromatic rings. The molecule has 1 aliphatic rings. The second-order valence-corrected chi connectivity index (χ2v) is 9.33. The lowest BCUT2D eigenvalue weighted by molar-refractivity contribution is 0.557. The van der Waals surface area contributed by atoms with E-state index in [1.807, 2.05) is 0 Å². The molecule has 1 fully saturated rings. The molecule has 0 aliphatic carbocycles. The van der Waals surface area contributed by atoms with Gasteiger partial charge in [-0.3, -0.25) is 9.40 Å². The summed E-state index contributed by atoms with van der Waals surface area (Å²) in [6.45, 7) is 6.43. The van der Waals surface area contributed by atoms with Gasteiger partial charge < -0.3 is 10.2 Å². The standard InChI is InChI=1S/C21H24F2N6O2S/c1-13-21(14(2)28(3)26-13)27-32(30,31)19-12-17(22)16(11-18(19)23)15-4-5-25-20(10-15)29-8-6-24-7-9-29/h4-5,10-12,24,27H,6-9H2,1-3H3. The van der Waals surface area contributed by atoms with E-state index in [9.17, 15) is 12.8 Å². The molecule has 0 radical (unpaired) electrons. The van der Waals surface area contributed by atoms with Crippen LogP contribution in [0.25, 0.3) is 11.1 Å². The third-order valence-corrected chi connectivity index (χ3v) is 6.92. The van der Waals surface area contributed by atoms with Gasteiger partial charge in [0.15, 0.2) is 0 Å². The summed E-state index contributed by atoms with van der Waals surface area (Å²) in [6, 6.07) is 4.86. The first-order valence-electron chi connectivity index (χ1n) is 10.1. The van der Waals surface area contributed by atoms with Crippen LogP contribution in [0.2, 0.25) is 0 Å². The van der Waals surface area contributed by atoms with Crippen LogP contribution in [0, 0.1) is 25.5 Å². The molecule has 2 aromatic heterocycles. The first-order chi connectivity index (χ1) is 15.2. The van der Waals surface area contributed by atoms with Crippen LogP contribution in [0.1, 0.15) is 11.4 Å². The molecule has 32 heavy (non-hydrogen) atoms. The van der Waals surface area contributed by atoms with Crippen LogP contribution in [0.5, 0.6) is 0 Å². The second-order valence-electron chi connectivity index (χ2n) is 7.68. The van der Waals surface area contributed by atoms with Gasteiger partial charge in [0.05, 0.1) is 17.1 Å². The number of aryl methyl sites for hydroxylation is 2. The molecule has 0 bridgehead atoms. The molecule has 0 unspecified atom stereocenters. The van der Waals surface area contributed by atoms with Crippen LogP contribution in [0.3, 0.4) is 0 Å². The van der Waals surface area contributed by atoms with Crippen molar-refractivity contribution in [3.63, 3.8) is 0 Å². The van der Waals surface area contributed by atoms with E-state index < -0.39 is 26.6 Å². The highest BCUT2D eigenvalue weighted by atomic mass is 32.2. The highest BCUT2D eigenvalue weighted by Gasteiger charge is 2.25. The lowest BCUT2D eigenvalue weighted by Gasteiger charge is -2.28. The molecule has 0 saturated carbocycles. The van der Waals surface area contributed by atoms with E-state index in [-0.39, 0.29) is 11.3 Å². The smallest absolute Gasteiger partial charge is 0.265 e. The Kier molecular flexibility index (Phi) is 5.87. The summed E-state index contributed by atoms with van der Waals surface area (Å²) in [5, 5.41) is 7.38. The minimum atomic E-state index is -4.37. The largest absolute Gasteiger partial charge is 0.354 e. The summed E-state index contributed by atoms with van der Waals surface area (Å²) in [7, 11) is -2.70. The van der Waals surface area contributed by atoms with Crippen molar-refractivity contribution in [1.29, 1.82) is 0 Å². The molecule has 1 aromatic carbocycles. The Labute approximate surface area is 185 Å². The van der Waals surface area contributed by atoms with Crippen LogP contribution >= 0.6 is 0 Å². The van der Waals surface area contributed by atoms with E-state index in [1.54, 1.807) is 33.0 Å². The van der Waals surface area contributed by atoms with E-state index in [2.05, 4.69) is 25.0 Å². The Bertz CT molecular complexity index is 1270. The highest BCUT2D eigenvalue weighted by Crippen LogP contribution is 2.31. The maximum Gasteiger partial charge on any atom is 0.265 e. The molecular weight excluding hydrogens is 438 g/mol. The fourth-order valence-electron chi connectivity index (χ4n) is 3.72. The molecule has 2 N–H and O–H groups in total. The Hall–Kier alpha value is -3.05. The summed E-state index contributed by atoms with van der Waals surface area (Å²) in [5.41, 5.74) is 1.62. The van der Waals surface area contributed by atoms with Gasteiger partial charge in [0.2, 0.25) is 0 Å². The van der Waals surface area contributed by atoms with E-state index in [0.29, 0.717) is 28.8 Å². The molecule has 11 heteroatoms. The minimum absolute atomic E-state index is 0.0334. The highest BCUT2D eigenvalue weighted by molar-refractivity contribution is 7.92. The summed E-state index contributed by atoms with van der Waals surface area (Å²) in [4.78, 5) is 5.62. The molecule has 4 rings (SSSR count). The number of nitrogens with zero attached hydrogens (tertiary/aromatic N) is 4. The number of aromatic nitrogens is 3. The minimum Gasteiger partial charge on any atom is -0.354 e. The molecule has 1 saturated heterocycles. The number of rotatable bonds is 5. The zero-order chi connectivity index (χ0) is 23.0. The summed E-state index contributed by atoms with van der Waals surface area (Å²) in [6.07, 6.45) is 1.53. The topological polar surface area (TPSA) is 92.1 Å². The Morgan fingerprint density at radius 2 is 1.81 bits per heavy atom. The van der Waals surface area contributed by atoms with Crippen LogP contribution in [0.15, 0.2) is 35.4 Å². The first kappa shape index (κ1) is 22.2. The number of anilines is 2.